The lowest BCUT2D eigenvalue weighted by Crippen LogP contribution is -2.81. The van der Waals surface area contributed by atoms with Gasteiger partial charge in [-0.1, -0.05) is 101 Å². The van der Waals surface area contributed by atoms with E-state index < -0.39 is 147 Å². The van der Waals surface area contributed by atoms with Crippen molar-refractivity contribution in [2.45, 2.75) is 206 Å². The Morgan fingerprint density at radius 2 is 0.690 bits per heavy atom. The largest absolute Gasteiger partial charge is 0.459 e. The summed E-state index contributed by atoms with van der Waals surface area (Å²) in [5, 5.41) is 0. The summed E-state index contributed by atoms with van der Waals surface area (Å²) in [5.41, 5.74) is -10.0. The second-order valence-electron chi connectivity index (χ2n) is 26.8. The van der Waals surface area contributed by atoms with Crippen molar-refractivity contribution in [2.24, 2.45) is 27.1 Å². The summed E-state index contributed by atoms with van der Waals surface area (Å²) in [6, 6.07) is 6.29. The van der Waals surface area contributed by atoms with Crippen LogP contribution in [-0.2, 0) is 62.0 Å². The summed E-state index contributed by atoms with van der Waals surface area (Å²) in [6.45, 7) is 40.7. The number of nitrogens with zero attached hydrogens (tertiary/aromatic N) is 3. The number of amides is 2. The van der Waals surface area contributed by atoms with Gasteiger partial charge in [0.15, 0.2) is 0 Å². The molecule has 0 saturated carbocycles. The third kappa shape index (κ3) is 18.1. The Hall–Kier alpha value is -4.09. The molecule has 0 aliphatic carbocycles. The minimum Gasteiger partial charge on any atom is -0.459 e. The average Bonchev–Trinajstić information content (AvgIpc) is 3.07. The number of aryl methyl sites for hydroxylation is 1. The van der Waals surface area contributed by atoms with Crippen molar-refractivity contribution in [1.29, 1.82) is 0 Å². The molecule has 408 valence electrons. The van der Waals surface area contributed by atoms with Gasteiger partial charge in [0.05, 0.1) is 24.6 Å². The Kier molecular flexibility index (Phi) is 20.6. The molecule has 0 heterocycles. The van der Waals surface area contributed by atoms with Gasteiger partial charge in [-0.05, 0) is 124 Å². The number of ether oxygens (including phenoxy) is 4. The van der Waals surface area contributed by atoms with Crippen molar-refractivity contribution in [3.8, 4) is 0 Å². The Bertz CT molecular complexity index is 1980. The molecule has 1 aromatic rings. The predicted molar refractivity (Wildman–Crippen MR) is 275 cm³/mol. The number of hydrogen-bond acceptors (Lipinski definition) is 14. The molecule has 16 nitrogen and oxygen atoms in total. The summed E-state index contributed by atoms with van der Waals surface area (Å²) in [7, 11) is -4.47. The van der Waals surface area contributed by atoms with Crippen molar-refractivity contribution in [3.63, 3.8) is 0 Å². The topological polar surface area (TPSA) is 192 Å². The van der Waals surface area contributed by atoms with Crippen LogP contribution in [0.4, 0.5) is 0 Å². The van der Waals surface area contributed by atoms with E-state index in [2.05, 4.69) is 0 Å². The first-order valence-electron chi connectivity index (χ1n) is 24.5. The van der Waals surface area contributed by atoms with E-state index in [1.807, 2.05) is 90.0 Å². The third-order valence-electron chi connectivity index (χ3n) is 11.9. The zero-order valence-electron chi connectivity index (χ0n) is 48.3. The van der Waals surface area contributed by atoms with Gasteiger partial charge >= 0.3 is 23.9 Å². The molecule has 0 aromatic heterocycles. The van der Waals surface area contributed by atoms with E-state index in [9.17, 15) is 27.6 Å². The van der Waals surface area contributed by atoms with Gasteiger partial charge in [0, 0.05) is 11.0 Å². The van der Waals surface area contributed by atoms with Crippen LogP contribution in [0.15, 0.2) is 29.2 Å². The van der Waals surface area contributed by atoms with E-state index in [1.165, 1.54) is 12.1 Å². The number of rotatable bonds is 18. The summed E-state index contributed by atoms with van der Waals surface area (Å²) in [6.07, 6.45) is 0. The Morgan fingerprint density at radius 1 is 0.423 bits per heavy atom. The molecule has 0 fully saturated rings. The highest BCUT2D eigenvalue weighted by atomic mass is 32.2. The number of carbonyl (C=O) groups excluding carboxylic acids is 6. The molecule has 17 heteroatoms. The van der Waals surface area contributed by atoms with Crippen molar-refractivity contribution in [2.75, 3.05) is 45.9 Å². The smallest absolute Gasteiger partial charge is 0.326 e. The molecule has 0 bridgehead atoms. The molecule has 0 aliphatic heterocycles. The van der Waals surface area contributed by atoms with Crippen molar-refractivity contribution >= 4 is 45.8 Å². The Morgan fingerprint density at radius 3 is 0.915 bits per heavy atom. The van der Waals surface area contributed by atoms with Crippen LogP contribution < -0.4 is 0 Å². The van der Waals surface area contributed by atoms with Gasteiger partial charge in [-0.3, -0.25) is 37.9 Å². The van der Waals surface area contributed by atoms with E-state index in [0.29, 0.717) is 0 Å². The highest BCUT2D eigenvalue weighted by molar-refractivity contribution is 7.86. The average molecular weight is 1020 g/mol. The fourth-order valence-electron chi connectivity index (χ4n) is 10.7. The van der Waals surface area contributed by atoms with E-state index in [0.717, 1.165) is 15.4 Å². The number of esters is 4. The zero-order chi connectivity index (χ0) is 56.2. The first kappa shape index (κ1) is 64.9. The van der Waals surface area contributed by atoms with Crippen molar-refractivity contribution in [3.05, 3.63) is 29.8 Å². The van der Waals surface area contributed by atoms with Crippen LogP contribution in [0.1, 0.15) is 172 Å². The van der Waals surface area contributed by atoms with E-state index in [4.69, 9.17) is 23.1 Å². The predicted octanol–water partition coefficient (Wildman–Crippen LogP) is 8.94. The lowest BCUT2D eigenvalue weighted by Gasteiger charge is -2.74. The van der Waals surface area contributed by atoms with Gasteiger partial charge < -0.3 is 28.7 Å². The molecule has 0 atom stereocenters. The van der Waals surface area contributed by atoms with Crippen LogP contribution in [0.5, 0.6) is 0 Å². The second kappa shape index (κ2) is 22.6. The Labute approximate surface area is 428 Å². The van der Waals surface area contributed by atoms with E-state index in [-0.39, 0.29) is 4.90 Å². The van der Waals surface area contributed by atoms with Gasteiger partial charge in [0.25, 0.3) is 10.1 Å². The molecule has 1 aromatic carbocycles. The monoisotopic (exact) mass is 1020 g/mol. The Balaban J connectivity index is 4.78. The minimum absolute atomic E-state index is 0.0704. The molecule has 71 heavy (non-hydrogen) atoms. The van der Waals surface area contributed by atoms with E-state index >= 15 is 9.59 Å². The molecule has 0 aliphatic rings. The van der Waals surface area contributed by atoms with Crippen LogP contribution in [0.2, 0.25) is 0 Å². The SMILES string of the molecule is Cc1ccc(S(=O)(=O)OCC(C(C)(C)C)(C(C)(C)C)C(N(CC(=O)N(CC(=O)OC(C)(C)C)CC(=O)OC(C)(C)C)CC(=O)N(CC(=O)OC(C)(C)C)CC(=O)OC(C)(C)C)(C(C)(C)C)C(C)(C)C)cc1. The fraction of sp³-hybridized carbons (Fsp3) is 0.778. The minimum atomic E-state index is -4.47. The first-order chi connectivity index (χ1) is 31.3. The van der Waals surface area contributed by atoms with Gasteiger partial charge in [0.2, 0.25) is 11.8 Å². The molecule has 0 spiro atoms. The quantitative estimate of drug-likeness (QED) is 0.0769. The third-order valence-corrected chi connectivity index (χ3v) is 13.2. The standard InChI is InChI=1S/C54H93N3O13S/c1-37-26-28-38(29-27-37)71(64,65)66-36-53(45(2,3)4,46(5,6)7)54(47(8,9)10,48(11,12)13)57(30-39(58)55(32-41(60)67-49(14,15)16)33-42(61)68-50(17,18)19)31-40(59)56(34-43(62)69-51(20,21)22)35-44(63)70-52(23,24)25/h26-29H,30-36H2,1-25H3. The maximum absolute atomic E-state index is 15.5. The number of hydrogen-bond donors (Lipinski definition) is 0. The summed E-state index contributed by atoms with van der Waals surface area (Å²) in [5.74, 6) is -4.84. The number of carbonyl (C=O) groups is 6. The highest BCUT2D eigenvalue weighted by Crippen LogP contribution is 2.69. The molecule has 0 saturated heterocycles. The van der Waals surface area contributed by atoms with Crippen LogP contribution >= 0.6 is 0 Å². The molecular weight excluding hydrogens is 931 g/mol. The lowest BCUT2D eigenvalue weighted by atomic mass is 9.36. The van der Waals surface area contributed by atoms with Crippen LogP contribution in [-0.4, -0.2) is 133 Å². The molecule has 0 unspecified atom stereocenters. The lowest BCUT2D eigenvalue weighted by molar-refractivity contribution is -0.261. The van der Waals surface area contributed by atoms with Crippen molar-refractivity contribution in [1.82, 2.24) is 14.7 Å². The first-order valence-corrected chi connectivity index (χ1v) is 25.9. The summed E-state index contributed by atoms with van der Waals surface area (Å²) >= 11 is 0. The van der Waals surface area contributed by atoms with Crippen LogP contribution in [0, 0.1) is 34.0 Å². The summed E-state index contributed by atoms with van der Waals surface area (Å²) in [4.78, 5) is 89.2. The zero-order valence-corrected chi connectivity index (χ0v) is 49.1. The highest BCUT2D eigenvalue weighted by Gasteiger charge is 2.73. The maximum Gasteiger partial charge on any atom is 0.326 e. The molecule has 0 radical (unpaired) electrons. The molecule has 2 amide bonds. The van der Waals surface area contributed by atoms with Crippen LogP contribution in [0.3, 0.4) is 0 Å². The van der Waals surface area contributed by atoms with E-state index in [1.54, 1.807) is 100 Å². The summed E-state index contributed by atoms with van der Waals surface area (Å²) < 4.78 is 57.8. The second-order valence-corrected chi connectivity index (χ2v) is 28.5. The van der Waals surface area contributed by atoms with Gasteiger partial charge in [0.1, 0.15) is 48.6 Å². The number of benzene rings is 1. The fourth-order valence-corrected chi connectivity index (χ4v) is 11.7. The van der Waals surface area contributed by atoms with Gasteiger partial charge in [-0.15, -0.1) is 0 Å². The van der Waals surface area contributed by atoms with Gasteiger partial charge in [-0.25, -0.2) is 0 Å². The molecule has 0 N–H and O–H groups in total. The normalized spacial score (nSPS) is 13.9. The van der Waals surface area contributed by atoms with Gasteiger partial charge in [-0.2, -0.15) is 8.42 Å². The molecular formula is C54H93N3O13S. The molecule has 1 rings (SSSR count). The van der Waals surface area contributed by atoms with Crippen LogP contribution in [0.25, 0.3) is 0 Å². The maximum atomic E-state index is 15.5. The van der Waals surface area contributed by atoms with Crippen molar-refractivity contribution < 1.29 is 60.3 Å².